The molecule has 0 radical (unpaired) electrons. The summed E-state index contributed by atoms with van der Waals surface area (Å²) in [5.74, 6) is 0. The number of rotatable bonds is 4. The summed E-state index contributed by atoms with van der Waals surface area (Å²) in [6, 6.07) is 8.06. The van der Waals surface area contributed by atoms with Gasteiger partial charge >= 0.3 is 0 Å². The standard InChI is InChI=1S/C13H14BrNOS/c1-15(7-10-4-5-17-9-10)13-6-12(14)3-2-11(13)8-16/h2-6,9,16H,7-8H2,1H3. The number of halogens is 1. The van der Waals surface area contributed by atoms with Crippen LogP contribution in [0, 0.1) is 0 Å². The van der Waals surface area contributed by atoms with E-state index in [1.54, 1.807) is 11.3 Å². The highest BCUT2D eigenvalue weighted by atomic mass is 79.9. The van der Waals surface area contributed by atoms with Crippen LogP contribution < -0.4 is 4.90 Å². The topological polar surface area (TPSA) is 23.5 Å². The van der Waals surface area contributed by atoms with Gasteiger partial charge in [-0.1, -0.05) is 22.0 Å². The highest BCUT2D eigenvalue weighted by molar-refractivity contribution is 9.10. The molecule has 4 heteroatoms. The molecule has 0 fully saturated rings. The molecule has 1 N–H and O–H groups in total. The molecule has 0 aliphatic carbocycles. The third kappa shape index (κ3) is 3.09. The SMILES string of the molecule is CN(Cc1ccsc1)c1cc(Br)ccc1CO. The maximum atomic E-state index is 9.34. The molecule has 1 aromatic carbocycles. The molecule has 0 aliphatic rings. The van der Waals surface area contributed by atoms with Crippen LogP contribution in [0.3, 0.4) is 0 Å². The van der Waals surface area contributed by atoms with Gasteiger partial charge in [0.15, 0.2) is 0 Å². The van der Waals surface area contributed by atoms with Gasteiger partial charge in [0.05, 0.1) is 6.61 Å². The van der Waals surface area contributed by atoms with Gasteiger partial charge < -0.3 is 10.0 Å². The van der Waals surface area contributed by atoms with Crippen molar-refractivity contribution >= 4 is 33.0 Å². The van der Waals surface area contributed by atoms with Crippen LogP contribution in [-0.2, 0) is 13.2 Å². The summed E-state index contributed by atoms with van der Waals surface area (Å²) in [6.07, 6.45) is 0. The van der Waals surface area contributed by atoms with E-state index in [4.69, 9.17) is 0 Å². The molecule has 0 amide bonds. The summed E-state index contributed by atoms with van der Waals surface area (Å²) in [6.45, 7) is 0.920. The van der Waals surface area contributed by atoms with Crippen LogP contribution in [-0.4, -0.2) is 12.2 Å². The zero-order chi connectivity index (χ0) is 12.3. The smallest absolute Gasteiger partial charge is 0.0702 e. The Kier molecular flexibility index (Phi) is 4.20. The first-order valence-electron chi connectivity index (χ1n) is 5.32. The predicted octanol–water partition coefficient (Wildman–Crippen LogP) is 3.64. The first-order valence-corrected chi connectivity index (χ1v) is 7.06. The maximum absolute atomic E-state index is 9.34. The van der Waals surface area contributed by atoms with E-state index in [1.165, 1.54) is 5.56 Å². The molecule has 2 nitrogen and oxygen atoms in total. The molecule has 2 aromatic rings. The van der Waals surface area contributed by atoms with Crippen molar-refractivity contribution in [3.8, 4) is 0 Å². The van der Waals surface area contributed by atoms with E-state index in [2.05, 4.69) is 37.7 Å². The van der Waals surface area contributed by atoms with Crippen LogP contribution in [0.4, 0.5) is 5.69 Å². The van der Waals surface area contributed by atoms with Gasteiger partial charge in [0, 0.05) is 29.3 Å². The number of aliphatic hydroxyl groups excluding tert-OH is 1. The highest BCUT2D eigenvalue weighted by Crippen LogP contribution is 2.26. The quantitative estimate of drug-likeness (QED) is 0.932. The van der Waals surface area contributed by atoms with Crippen molar-refractivity contribution in [2.45, 2.75) is 13.2 Å². The molecule has 0 aliphatic heterocycles. The van der Waals surface area contributed by atoms with Crippen molar-refractivity contribution in [2.75, 3.05) is 11.9 Å². The second-order valence-electron chi connectivity index (χ2n) is 3.92. The minimum absolute atomic E-state index is 0.0661. The lowest BCUT2D eigenvalue weighted by Crippen LogP contribution is -2.17. The number of benzene rings is 1. The van der Waals surface area contributed by atoms with Crippen LogP contribution in [0.15, 0.2) is 39.5 Å². The Bertz CT molecular complexity index is 484. The largest absolute Gasteiger partial charge is 0.392 e. The van der Waals surface area contributed by atoms with E-state index < -0.39 is 0 Å². The molecule has 0 saturated carbocycles. The number of thiophene rings is 1. The average Bonchev–Trinajstić information content (AvgIpc) is 2.81. The van der Waals surface area contributed by atoms with Crippen molar-refractivity contribution in [2.24, 2.45) is 0 Å². The maximum Gasteiger partial charge on any atom is 0.0702 e. The Hall–Kier alpha value is -0.840. The second-order valence-corrected chi connectivity index (χ2v) is 5.61. The minimum Gasteiger partial charge on any atom is -0.392 e. The van der Waals surface area contributed by atoms with Gasteiger partial charge in [-0.2, -0.15) is 11.3 Å². The number of anilines is 1. The Morgan fingerprint density at radius 2 is 2.18 bits per heavy atom. The fourth-order valence-electron chi connectivity index (χ4n) is 1.77. The van der Waals surface area contributed by atoms with E-state index >= 15 is 0 Å². The molecule has 0 spiro atoms. The Labute approximate surface area is 114 Å². The van der Waals surface area contributed by atoms with E-state index in [0.29, 0.717) is 0 Å². The van der Waals surface area contributed by atoms with Gasteiger partial charge in [0.2, 0.25) is 0 Å². The number of hydrogen-bond acceptors (Lipinski definition) is 3. The molecule has 0 saturated heterocycles. The van der Waals surface area contributed by atoms with Gasteiger partial charge in [-0.15, -0.1) is 0 Å². The molecule has 1 aromatic heterocycles. The summed E-state index contributed by atoms with van der Waals surface area (Å²) in [7, 11) is 2.04. The fourth-order valence-corrected chi connectivity index (χ4v) is 2.78. The van der Waals surface area contributed by atoms with E-state index in [1.807, 2.05) is 25.2 Å². The lowest BCUT2D eigenvalue weighted by Gasteiger charge is -2.21. The van der Waals surface area contributed by atoms with E-state index in [-0.39, 0.29) is 6.61 Å². The lowest BCUT2D eigenvalue weighted by atomic mass is 10.1. The number of nitrogens with zero attached hydrogens (tertiary/aromatic N) is 1. The van der Waals surface area contributed by atoms with Crippen molar-refractivity contribution in [1.29, 1.82) is 0 Å². The first-order chi connectivity index (χ1) is 8.20. The van der Waals surface area contributed by atoms with Crippen LogP contribution in [0.1, 0.15) is 11.1 Å². The third-order valence-electron chi connectivity index (χ3n) is 2.63. The summed E-state index contributed by atoms with van der Waals surface area (Å²) in [5, 5.41) is 13.6. The normalized spacial score (nSPS) is 10.5. The minimum atomic E-state index is 0.0661. The van der Waals surface area contributed by atoms with Gasteiger partial charge in [0.25, 0.3) is 0 Å². The summed E-state index contributed by atoms with van der Waals surface area (Å²) in [5.41, 5.74) is 3.31. The monoisotopic (exact) mass is 311 g/mol. The summed E-state index contributed by atoms with van der Waals surface area (Å²) >= 11 is 5.17. The molecule has 2 rings (SSSR count). The number of aliphatic hydroxyl groups is 1. The molecule has 0 bridgehead atoms. The fraction of sp³-hybridized carbons (Fsp3) is 0.231. The molecule has 90 valence electrons. The van der Waals surface area contributed by atoms with Crippen molar-refractivity contribution < 1.29 is 5.11 Å². The highest BCUT2D eigenvalue weighted by Gasteiger charge is 2.08. The number of hydrogen-bond donors (Lipinski definition) is 1. The van der Waals surface area contributed by atoms with Crippen molar-refractivity contribution in [1.82, 2.24) is 0 Å². The van der Waals surface area contributed by atoms with Crippen LogP contribution >= 0.6 is 27.3 Å². The van der Waals surface area contributed by atoms with Crippen molar-refractivity contribution in [3.05, 3.63) is 50.6 Å². The lowest BCUT2D eigenvalue weighted by molar-refractivity contribution is 0.282. The van der Waals surface area contributed by atoms with E-state index in [0.717, 1.165) is 22.3 Å². The van der Waals surface area contributed by atoms with Crippen LogP contribution in [0.5, 0.6) is 0 Å². The molecule has 0 unspecified atom stereocenters. The summed E-state index contributed by atoms with van der Waals surface area (Å²) in [4.78, 5) is 2.15. The molecule has 17 heavy (non-hydrogen) atoms. The second kappa shape index (κ2) is 5.67. The van der Waals surface area contributed by atoms with Crippen molar-refractivity contribution in [3.63, 3.8) is 0 Å². The van der Waals surface area contributed by atoms with E-state index in [9.17, 15) is 5.11 Å². The van der Waals surface area contributed by atoms with Gasteiger partial charge in [-0.3, -0.25) is 0 Å². The predicted molar refractivity (Wildman–Crippen MR) is 76.5 cm³/mol. The Morgan fingerprint density at radius 1 is 1.35 bits per heavy atom. The van der Waals surface area contributed by atoms with Crippen LogP contribution in [0.25, 0.3) is 0 Å². The van der Waals surface area contributed by atoms with Crippen LogP contribution in [0.2, 0.25) is 0 Å². The zero-order valence-electron chi connectivity index (χ0n) is 9.56. The third-order valence-corrected chi connectivity index (χ3v) is 3.85. The van der Waals surface area contributed by atoms with Gasteiger partial charge in [-0.25, -0.2) is 0 Å². The molecule has 1 heterocycles. The molecular formula is C13H14BrNOS. The van der Waals surface area contributed by atoms with Gasteiger partial charge in [0.1, 0.15) is 0 Å². The summed E-state index contributed by atoms with van der Waals surface area (Å²) < 4.78 is 1.03. The molecule has 0 atom stereocenters. The zero-order valence-corrected chi connectivity index (χ0v) is 12.0. The van der Waals surface area contributed by atoms with Gasteiger partial charge in [-0.05, 0) is 34.5 Å². The Morgan fingerprint density at radius 3 is 2.82 bits per heavy atom. The molecular weight excluding hydrogens is 298 g/mol. The average molecular weight is 312 g/mol. The Balaban J connectivity index is 2.23. The first kappa shape index (κ1) is 12.6.